The molecule has 5 heteroatoms. The first kappa shape index (κ1) is 24.1. The molecule has 0 aromatic heterocycles. The van der Waals surface area contributed by atoms with Gasteiger partial charge in [0.2, 0.25) is 0 Å². The van der Waals surface area contributed by atoms with Crippen molar-refractivity contribution in [2.24, 2.45) is 0 Å². The fourth-order valence-electron chi connectivity index (χ4n) is 0.771. The van der Waals surface area contributed by atoms with Gasteiger partial charge in [0.15, 0.2) is 0 Å². The first-order valence-corrected chi connectivity index (χ1v) is 5.88. The van der Waals surface area contributed by atoms with Gasteiger partial charge in [-0.05, 0) is 0 Å². The van der Waals surface area contributed by atoms with Crippen LogP contribution in [0.15, 0.2) is 30.3 Å². The summed E-state index contributed by atoms with van der Waals surface area (Å²) in [6.07, 6.45) is 0. The van der Waals surface area contributed by atoms with Gasteiger partial charge in [-0.1, -0.05) is 48.6 Å². The Kier molecular flexibility index (Phi) is 27.6. The molecule has 0 aliphatic heterocycles. The molecule has 0 amide bonds. The van der Waals surface area contributed by atoms with Crippen molar-refractivity contribution in [1.82, 2.24) is 0 Å². The maximum atomic E-state index is 6.25. The average molecular weight is 239 g/mol. The van der Waals surface area contributed by atoms with Crippen LogP contribution >= 0.6 is 0 Å². The molecule has 0 aliphatic carbocycles. The van der Waals surface area contributed by atoms with E-state index in [4.69, 9.17) is 11.8 Å². The Morgan fingerprint density at radius 3 is 1.64 bits per heavy atom. The van der Waals surface area contributed by atoms with Gasteiger partial charge in [-0.25, -0.2) is 0 Å². The Balaban J connectivity index is -0.0000000942. The first-order chi connectivity index (χ1) is 5.30. The van der Waals surface area contributed by atoms with E-state index < -0.39 is 0 Å². The van der Waals surface area contributed by atoms with Crippen LogP contribution in [0.1, 0.15) is 0 Å². The molecule has 14 heavy (non-hydrogen) atoms. The summed E-state index contributed by atoms with van der Waals surface area (Å²) in [6.45, 7) is 9.36. The van der Waals surface area contributed by atoms with Crippen LogP contribution in [0.25, 0.3) is 0 Å². The summed E-state index contributed by atoms with van der Waals surface area (Å²) < 4.78 is 0. The minimum atomic E-state index is -0.212. The molecule has 0 atom stereocenters. The maximum absolute atomic E-state index is 6.25. The topological polar surface area (TPSA) is 23.8 Å². The van der Waals surface area contributed by atoms with Gasteiger partial charge in [0.1, 0.15) is 0 Å². The van der Waals surface area contributed by atoms with Gasteiger partial charge in [-0.2, -0.15) is 0 Å². The van der Waals surface area contributed by atoms with Gasteiger partial charge in [0.05, 0.1) is 8.80 Å². The van der Waals surface area contributed by atoms with Gasteiger partial charge < -0.3 is 11.8 Å². The van der Waals surface area contributed by atoms with E-state index in [9.17, 15) is 0 Å². The molecule has 0 spiro atoms. The van der Waals surface area contributed by atoms with E-state index >= 15 is 0 Å². The molecular weight excluding hydrogens is 228 g/mol. The van der Waals surface area contributed by atoms with Gasteiger partial charge in [0.25, 0.3) is 0 Å². The van der Waals surface area contributed by atoms with Crippen LogP contribution in [0, 0.1) is 11.8 Å². The standard InChI is InChI=1S/C8H11Si.CN.Cu.2Li/c1-9(2)8-6-4-3-5-7-8;1-2;;;/h3-7H,1-2H3;;;;/q;-1;;;+1. The molecule has 69 valence electrons. The number of rotatable bonds is 1. The van der Waals surface area contributed by atoms with E-state index in [1.54, 1.807) is 0 Å². The second-order valence-electron chi connectivity index (χ2n) is 2.37. The molecule has 0 fully saturated rings. The van der Waals surface area contributed by atoms with Crippen LogP contribution in [0.3, 0.4) is 0 Å². The summed E-state index contributed by atoms with van der Waals surface area (Å²) in [7, 11) is -0.212. The van der Waals surface area contributed by atoms with Gasteiger partial charge >= 0.3 is 18.9 Å². The summed E-state index contributed by atoms with van der Waals surface area (Å²) in [5.74, 6) is 0. The van der Waals surface area contributed by atoms with Crippen molar-refractivity contribution < 1.29 is 35.9 Å². The Labute approximate surface area is 123 Å². The molecule has 0 saturated carbocycles. The average Bonchev–Trinajstić information content (AvgIpc) is 2.10. The Morgan fingerprint density at radius 2 is 1.43 bits per heavy atom. The summed E-state index contributed by atoms with van der Waals surface area (Å²) in [5.41, 5.74) is 0. The molecule has 1 aromatic rings. The van der Waals surface area contributed by atoms with Crippen LogP contribution in [0.4, 0.5) is 0 Å². The zero-order valence-corrected chi connectivity index (χ0v) is 11.1. The zero-order chi connectivity index (χ0) is 8.69. The number of hydrogen-bond donors (Lipinski definition) is 0. The molecule has 0 saturated heterocycles. The van der Waals surface area contributed by atoms with Gasteiger partial charge in [-0.15, -0.1) is 0 Å². The predicted octanol–water partition coefficient (Wildman–Crippen LogP) is -1.63. The van der Waals surface area contributed by atoms with Crippen molar-refractivity contribution in [2.75, 3.05) is 0 Å². The normalized spacial score (nSPS) is 6.64. The minimum Gasteiger partial charge on any atom is -0.512 e. The zero-order valence-electron chi connectivity index (χ0n) is 9.14. The first-order valence-electron chi connectivity index (χ1n) is 3.38. The SMILES string of the molecule is C[Si](C)c1ccccc1.[C-]#N.[Cu].[Li+].[Li]. The Bertz CT molecular complexity index is 217. The number of hydrogen-bond acceptors (Lipinski definition) is 1. The third-order valence-electron chi connectivity index (χ3n) is 1.35. The third-order valence-corrected chi connectivity index (χ3v) is 2.84. The van der Waals surface area contributed by atoms with E-state index in [1.807, 2.05) is 0 Å². The van der Waals surface area contributed by atoms with Crippen molar-refractivity contribution in [2.45, 2.75) is 13.1 Å². The van der Waals surface area contributed by atoms with Crippen LogP contribution in [-0.4, -0.2) is 27.7 Å². The largest absolute Gasteiger partial charge is 1.00 e. The fourth-order valence-corrected chi connectivity index (χ4v) is 1.63. The summed E-state index contributed by atoms with van der Waals surface area (Å²) >= 11 is 0. The monoisotopic (exact) mass is 238 g/mol. The number of benzene rings is 1. The molecule has 1 aromatic carbocycles. The van der Waals surface area contributed by atoms with Crippen LogP contribution in [-0.2, 0) is 17.1 Å². The second kappa shape index (κ2) is 16.1. The maximum Gasteiger partial charge on any atom is 1.00 e. The third kappa shape index (κ3) is 10.7. The molecule has 3 radical (unpaired) electrons. The van der Waals surface area contributed by atoms with Crippen LogP contribution in [0.5, 0.6) is 0 Å². The van der Waals surface area contributed by atoms with Crippen LogP contribution < -0.4 is 24.0 Å². The smallest absolute Gasteiger partial charge is 0.512 e. The molecule has 1 nitrogen and oxygen atoms in total. The fraction of sp³-hybridized carbons (Fsp3) is 0.222. The summed E-state index contributed by atoms with van der Waals surface area (Å²) in [6, 6.07) is 10.7. The molecular formula is C9H11CuLi2NSi. The van der Waals surface area contributed by atoms with Crippen LogP contribution in [0.2, 0.25) is 13.1 Å². The summed E-state index contributed by atoms with van der Waals surface area (Å²) in [4.78, 5) is 0. The molecule has 0 N–H and O–H groups in total. The van der Waals surface area contributed by atoms with E-state index in [-0.39, 0.29) is 63.6 Å². The van der Waals surface area contributed by atoms with Crippen molar-refractivity contribution in [1.29, 1.82) is 5.26 Å². The van der Waals surface area contributed by atoms with E-state index in [2.05, 4.69) is 43.4 Å². The Morgan fingerprint density at radius 1 is 1.07 bits per heavy atom. The number of nitrogens with zero attached hydrogens (tertiary/aromatic N) is 1. The second-order valence-corrected chi connectivity index (χ2v) is 4.94. The molecule has 0 bridgehead atoms. The van der Waals surface area contributed by atoms with Crippen molar-refractivity contribution in [3.05, 3.63) is 36.9 Å². The quantitative estimate of drug-likeness (QED) is 0.426. The molecule has 0 unspecified atom stereocenters. The van der Waals surface area contributed by atoms with Crippen molar-refractivity contribution >= 4 is 32.8 Å². The predicted molar refractivity (Wildman–Crippen MR) is 54.3 cm³/mol. The van der Waals surface area contributed by atoms with E-state index in [0.717, 1.165) is 0 Å². The molecule has 0 aliphatic rings. The van der Waals surface area contributed by atoms with E-state index in [0.29, 0.717) is 0 Å². The minimum absolute atomic E-state index is 0. The molecule has 0 heterocycles. The Hall–Kier alpha value is 0.641. The van der Waals surface area contributed by atoms with E-state index in [1.165, 1.54) is 5.19 Å². The van der Waals surface area contributed by atoms with Gasteiger partial charge in [0, 0.05) is 35.9 Å². The summed E-state index contributed by atoms with van der Waals surface area (Å²) in [5, 5.41) is 7.77. The molecule has 1 rings (SSSR count). The van der Waals surface area contributed by atoms with Crippen molar-refractivity contribution in [3.8, 4) is 0 Å². The van der Waals surface area contributed by atoms with Crippen molar-refractivity contribution in [3.63, 3.8) is 0 Å². The van der Waals surface area contributed by atoms with Gasteiger partial charge in [-0.3, -0.25) is 0 Å².